The van der Waals surface area contributed by atoms with Crippen LogP contribution in [0.1, 0.15) is 33.5 Å². The van der Waals surface area contributed by atoms with Crippen molar-refractivity contribution in [3.8, 4) is 0 Å². The third-order valence-corrected chi connectivity index (χ3v) is 4.41. The van der Waals surface area contributed by atoms with Crippen molar-refractivity contribution in [2.45, 2.75) is 19.9 Å². The van der Waals surface area contributed by atoms with Gasteiger partial charge >= 0.3 is 11.9 Å². The molecular formula is C21H21N3O5. The van der Waals surface area contributed by atoms with E-state index in [4.69, 9.17) is 9.47 Å². The summed E-state index contributed by atoms with van der Waals surface area (Å²) in [4.78, 5) is 41.1. The number of nitrogens with zero attached hydrogens (tertiary/aromatic N) is 2. The third-order valence-electron chi connectivity index (χ3n) is 4.41. The third kappa shape index (κ3) is 4.26. The molecule has 29 heavy (non-hydrogen) atoms. The predicted molar refractivity (Wildman–Crippen MR) is 107 cm³/mol. The van der Waals surface area contributed by atoms with Gasteiger partial charge in [0.05, 0.1) is 36.4 Å². The number of carbonyl (C=O) groups excluding carboxylic acids is 3. The summed E-state index contributed by atoms with van der Waals surface area (Å²) in [5.74, 6) is -0.777. The molecule has 0 saturated heterocycles. The Morgan fingerprint density at radius 2 is 1.62 bits per heavy atom. The zero-order valence-corrected chi connectivity index (χ0v) is 16.4. The lowest BCUT2D eigenvalue weighted by Gasteiger charge is -2.11. The van der Waals surface area contributed by atoms with Crippen LogP contribution in [0.15, 0.2) is 42.5 Å². The number of anilines is 1. The maximum Gasteiger partial charge on any atom is 0.337 e. The molecule has 0 fully saturated rings. The molecule has 0 bridgehead atoms. The Labute approximate surface area is 167 Å². The number of rotatable bonds is 6. The van der Waals surface area contributed by atoms with Gasteiger partial charge in [0.15, 0.2) is 0 Å². The second-order valence-electron chi connectivity index (χ2n) is 6.29. The number of hydrogen-bond donors (Lipinski definition) is 1. The van der Waals surface area contributed by atoms with Crippen LogP contribution in [-0.2, 0) is 27.2 Å². The van der Waals surface area contributed by atoms with Gasteiger partial charge in [-0.25, -0.2) is 14.6 Å². The van der Waals surface area contributed by atoms with E-state index in [2.05, 4.69) is 10.3 Å². The second kappa shape index (κ2) is 8.55. The molecule has 0 atom stereocenters. The Hall–Kier alpha value is -3.68. The van der Waals surface area contributed by atoms with Crippen LogP contribution in [0.4, 0.5) is 5.69 Å². The number of benzene rings is 2. The highest BCUT2D eigenvalue weighted by Gasteiger charge is 2.16. The minimum atomic E-state index is -0.625. The molecule has 1 N–H and O–H groups in total. The van der Waals surface area contributed by atoms with Gasteiger partial charge in [-0.3, -0.25) is 4.79 Å². The predicted octanol–water partition coefficient (Wildman–Crippen LogP) is 2.81. The molecule has 0 aliphatic rings. The van der Waals surface area contributed by atoms with E-state index in [1.54, 1.807) is 0 Å². The maximum atomic E-state index is 12.7. The molecule has 0 saturated carbocycles. The number of para-hydroxylation sites is 2. The summed E-state index contributed by atoms with van der Waals surface area (Å²) >= 11 is 0. The van der Waals surface area contributed by atoms with E-state index < -0.39 is 11.9 Å². The molecule has 8 nitrogen and oxygen atoms in total. The molecule has 1 aromatic heterocycles. The Bertz CT molecular complexity index is 1050. The van der Waals surface area contributed by atoms with Gasteiger partial charge in [0, 0.05) is 12.1 Å². The van der Waals surface area contributed by atoms with Crippen molar-refractivity contribution in [2.75, 3.05) is 19.5 Å². The zero-order chi connectivity index (χ0) is 21.0. The Kier molecular flexibility index (Phi) is 5.92. The molecule has 2 aromatic carbocycles. The lowest BCUT2D eigenvalue weighted by molar-refractivity contribution is -0.116. The van der Waals surface area contributed by atoms with Gasteiger partial charge in [0.25, 0.3) is 0 Å². The number of amides is 1. The average molecular weight is 395 g/mol. The minimum absolute atomic E-state index is 0.0414. The van der Waals surface area contributed by atoms with Crippen LogP contribution < -0.4 is 5.32 Å². The van der Waals surface area contributed by atoms with E-state index in [1.165, 1.54) is 32.4 Å². The summed E-state index contributed by atoms with van der Waals surface area (Å²) in [6.07, 6.45) is 0.673. The van der Waals surface area contributed by atoms with Crippen LogP contribution in [0.25, 0.3) is 11.0 Å². The Morgan fingerprint density at radius 1 is 1.00 bits per heavy atom. The summed E-state index contributed by atoms with van der Waals surface area (Å²) in [5, 5.41) is 2.73. The van der Waals surface area contributed by atoms with E-state index in [9.17, 15) is 14.4 Å². The number of nitrogens with one attached hydrogen (secondary N) is 1. The number of aromatic nitrogens is 2. The van der Waals surface area contributed by atoms with Gasteiger partial charge in [-0.2, -0.15) is 0 Å². The number of fused-ring (bicyclic) bond motifs is 1. The largest absolute Gasteiger partial charge is 0.465 e. The van der Waals surface area contributed by atoms with Gasteiger partial charge in [-0.05, 0) is 30.3 Å². The number of imidazole rings is 1. The van der Waals surface area contributed by atoms with E-state index in [0.29, 0.717) is 12.1 Å². The van der Waals surface area contributed by atoms with E-state index in [1.807, 2.05) is 35.8 Å². The van der Waals surface area contributed by atoms with Crippen molar-refractivity contribution in [1.82, 2.24) is 9.55 Å². The summed E-state index contributed by atoms with van der Waals surface area (Å²) in [6, 6.07) is 11.8. The number of hydrogen-bond acceptors (Lipinski definition) is 6. The molecule has 0 unspecified atom stereocenters. The molecule has 3 rings (SSSR count). The summed E-state index contributed by atoms with van der Waals surface area (Å²) in [7, 11) is 2.48. The van der Waals surface area contributed by atoms with Gasteiger partial charge < -0.3 is 19.4 Å². The smallest absolute Gasteiger partial charge is 0.337 e. The molecule has 1 amide bonds. The topological polar surface area (TPSA) is 99.5 Å². The Morgan fingerprint density at radius 3 is 2.21 bits per heavy atom. The normalized spacial score (nSPS) is 10.6. The van der Waals surface area contributed by atoms with Crippen LogP contribution in [0.5, 0.6) is 0 Å². The molecule has 0 aliphatic heterocycles. The van der Waals surface area contributed by atoms with Crippen molar-refractivity contribution in [3.63, 3.8) is 0 Å². The van der Waals surface area contributed by atoms with Crippen LogP contribution in [0.2, 0.25) is 0 Å². The van der Waals surface area contributed by atoms with Crippen LogP contribution in [-0.4, -0.2) is 41.6 Å². The minimum Gasteiger partial charge on any atom is -0.465 e. The number of ether oxygens (including phenoxy) is 2. The summed E-state index contributed by atoms with van der Waals surface area (Å²) in [5.41, 5.74) is 2.23. The molecule has 3 aromatic rings. The first kappa shape index (κ1) is 20.1. The van der Waals surface area contributed by atoms with E-state index in [-0.39, 0.29) is 23.6 Å². The van der Waals surface area contributed by atoms with Gasteiger partial charge in [0.2, 0.25) is 5.91 Å². The average Bonchev–Trinajstić information content (AvgIpc) is 3.09. The molecule has 8 heteroatoms. The molecule has 0 radical (unpaired) electrons. The zero-order valence-electron chi connectivity index (χ0n) is 16.4. The number of methoxy groups -OCH3 is 2. The fraction of sp³-hybridized carbons (Fsp3) is 0.238. The number of aryl methyl sites for hydroxylation is 1. The SMILES string of the molecule is CCc1nc2ccccc2n1CC(=O)Nc1cc(C(=O)OC)cc(C(=O)OC)c1. The lowest BCUT2D eigenvalue weighted by atomic mass is 10.1. The molecule has 0 spiro atoms. The first-order valence-electron chi connectivity index (χ1n) is 9.02. The van der Waals surface area contributed by atoms with Crippen molar-refractivity contribution in [1.29, 1.82) is 0 Å². The highest BCUT2D eigenvalue weighted by molar-refractivity contribution is 5.99. The van der Waals surface area contributed by atoms with Crippen molar-refractivity contribution < 1.29 is 23.9 Å². The van der Waals surface area contributed by atoms with Crippen molar-refractivity contribution in [3.05, 3.63) is 59.4 Å². The fourth-order valence-corrected chi connectivity index (χ4v) is 3.09. The van der Waals surface area contributed by atoms with Crippen molar-refractivity contribution >= 4 is 34.6 Å². The van der Waals surface area contributed by atoms with Crippen molar-refractivity contribution in [2.24, 2.45) is 0 Å². The molecule has 1 heterocycles. The summed E-state index contributed by atoms with van der Waals surface area (Å²) in [6.45, 7) is 2.01. The fourth-order valence-electron chi connectivity index (χ4n) is 3.09. The Balaban J connectivity index is 1.89. The maximum absolute atomic E-state index is 12.7. The quantitative estimate of drug-likeness (QED) is 0.645. The van der Waals surface area contributed by atoms with Gasteiger partial charge in [0.1, 0.15) is 12.4 Å². The lowest BCUT2D eigenvalue weighted by Crippen LogP contribution is -2.20. The van der Waals surface area contributed by atoms with E-state index in [0.717, 1.165) is 16.9 Å². The monoisotopic (exact) mass is 395 g/mol. The molecular weight excluding hydrogens is 374 g/mol. The highest BCUT2D eigenvalue weighted by Crippen LogP contribution is 2.19. The van der Waals surface area contributed by atoms with Gasteiger partial charge in [-0.15, -0.1) is 0 Å². The number of esters is 2. The van der Waals surface area contributed by atoms with Crippen LogP contribution in [0.3, 0.4) is 0 Å². The van der Waals surface area contributed by atoms with Crippen LogP contribution in [0, 0.1) is 0 Å². The second-order valence-corrected chi connectivity index (χ2v) is 6.29. The summed E-state index contributed by atoms with van der Waals surface area (Å²) < 4.78 is 11.3. The first-order valence-corrected chi connectivity index (χ1v) is 9.02. The number of carbonyl (C=O) groups is 3. The standard InChI is InChI=1S/C21H21N3O5/c1-4-18-23-16-7-5-6-8-17(16)24(18)12-19(25)22-15-10-13(20(26)28-2)9-14(11-15)21(27)29-3/h5-11H,4,12H2,1-3H3,(H,22,25). The van der Waals surface area contributed by atoms with Crippen LogP contribution >= 0.6 is 0 Å². The highest BCUT2D eigenvalue weighted by atomic mass is 16.5. The first-order chi connectivity index (χ1) is 14.0. The van der Waals surface area contributed by atoms with Gasteiger partial charge in [-0.1, -0.05) is 19.1 Å². The molecule has 0 aliphatic carbocycles. The van der Waals surface area contributed by atoms with E-state index >= 15 is 0 Å². The molecule has 150 valence electrons.